The van der Waals surface area contributed by atoms with Gasteiger partial charge in [0.15, 0.2) is 0 Å². The summed E-state index contributed by atoms with van der Waals surface area (Å²) in [5.74, 6) is -2.25. The van der Waals surface area contributed by atoms with Crippen molar-refractivity contribution in [1.82, 2.24) is 5.32 Å². The minimum absolute atomic E-state index is 0.168. The van der Waals surface area contributed by atoms with Crippen molar-refractivity contribution in [2.45, 2.75) is 37.9 Å². The summed E-state index contributed by atoms with van der Waals surface area (Å²) in [6.45, 7) is 0. The van der Waals surface area contributed by atoms with E-state index in [0.29, 0.717) is 18.4 Å². The summed E-state index contributed by atoms with van der Waals surface area (Å²) < 4.78 is 52.9. The van der Waals surface area contributed by atoms with Gasteiger partial charge < -0.3 is 5.32 Å². The van der Waals surface area contributed by atoms with E-state index in [1.807, 2.05) is 0 Å². The second kappa shape index (κ2) is 6.12. The molecule has 0 aromatic heterocycles. The maximum atomic E-state index is 13.3. The third-order valence-electron chi connectivity index (χ3n) is 4.19. The van der Waals surface area contributed by atoms with Crippen molar-refractivity contribution >= 4 is 0 Å². The summed E-state index contributed by atoms with van der Waals surface area (Å²) in [4.78, 5) is 0. The summed E-state index contributed by atoms with van der Waals surface area (Å²) in [5.41, 5.74) is 0.591. The minimum Gasteiger partial charge on any atom is -0.313 e. The number of alkyl halides is 3. The predicted molar refractivity (Wildman–Crippen MR) is 69.7 cm³/mol. The molecular formula is C15H19F4N. The monoisotopic (exact) mass is 289 g/mol. The van der Waals surface area contributed by atoms with E-state index in [4.69, 9.17) is 0 Å². The van der Waals surface area contributed by atoms with Crippen molar-refractivity contribution in [2.24, 2.45) is 11.8 Å². The standard InChI is InChI=1S/C15H19F4N/c1-20-14(10-5-4-6-11(16)9-10)12-7-2-3-8-13(12)15(17,18)19/h4-6,9,12-14,20H,2-3,7-8H2,1H3. The summed E-state index contributed by atoms with van der Waals surface area (Å²) in [6, 6.07) is 5.39. The largest absolute Gasteiger partial charge is 0.392 e. The molecule has 3 unspecified atom stereocenters. The molecule has 0 heterocycles. The Bertz CT molecular complexity index is 444. The van der Waals surface area contributed by atoms with Crippen LogP contribution in [-0.2, 0) is 0 Å². The molecule has 1 aromatic rings. The molecule has 20 heavy (non-hydrogen) atoms. The van der Waals surface area contributed by atoms with Crippen molar-refractivity contribution in [3.8, 4) is 0 Å². The molecule has 0 spiro atoms. The van der Waals surface area contributed by atoms with Crippen LogP contribution in [0.25, 0.3) is 0 Å². The van der Waals surface area contributed by atoms with Gasteiger partial charge in [-0.1, -0.05) is 25.0 Å². The highest BCUT2D eigenvalue weighted by atomic mass is 19.4. The molecule has 0 saturated heterocycles. The molecule has 3 atom stereocenters. The van der Waals surface area contributed by atoms with Gasteiger partial charge in [0.2, 0.25) is 0 Å². The van der Waals surface area contributed by atoms with Gasteiger partial charge in [0.1, 0.15) is 5.82 Å². The van der Waals surface area contributed by atoms with Crippen molar-refractivity contribution in [3.05, 3.63) is 35.6 Å². The molecular weight excluding hydrogens is 270 g/mol. The molecule has 1 N–H and O–H groups in total. The van der Waals surface area contributed by atoms with Crippen LogP contribution in [0.4, 0.5) is 17.6 Å². The van der Waals surface area contributed by atoms with Crippen LogP contribution in [0, 0.1) is 17.7 Å². The molecule has 112 valence electrons. The Kier molecular flexibility index (Phi) is 4.68. The highest BCUT2D eigenvalue weighted by molar-refractivity contribution is 5.21. The average molecular weight is 289 g/mol. The molecule has 2 rings (SSSR count). The lowest BCUT2D eigenvalue weighted by Gasteiger charge is -2.38. The van der Waals surface area contributed by atoms with E-state index in [-0.39, 0.29) is 6.42 Å². The van der Waals surface area contributed by atoms with Crippen LogP contribution in [0.15, 0.2) is 24.3 Å². The fourth-order valence-electron chi connectivity index (χ4n) is 3.29. The van der Waals surface area contributed by atoms with Crippen LogP contribution in [-0.4, -0.2) is 13.2 Å². The maximum Gasteiger partial charge on any atom is 0.392 e. The zero-order valence-corrected chi connectivity index (χ0v) is 11.4. The van der Waals surface area contributed by atoms with E-state index in [9.17, 15) is 17.6 Å². The minimum atomic E-state index is -4.19. The van der Waals surface area contributed by atoms with Crippen LogP contribution in [0.5, 0.6) is 0 Å². The number of hydrogen-bond donors (Lipinski definition) is 1. The van der Waals surface area contributed by atoms with Crippen LogP contribution in [0.1, 0.15) is 37.3 Å². The summed E-state index contributed by atoms with van der Waals surface area (Å²) in [5, 5.41) is 2.95. The SMILES string of the molecule is CNC(c1cccc(F)c1)C1CCCCC1C(F)(F)F. The number of halogens is 4. The van der Waals surface area contributed by atoms with Crippen molar-refractivity contribution in [3.63, 3.8) is 0 Å². The average Bonchev–Trinajstić information content (AvgIpc) is 2.39. The Hall–Kier alpha value is -1.10. The van der Waals surface area contributed by atoms with Crippen LogP contribution in [0.3, 0.4) is 0 Å². The summed E-state index contributed by atoms with van der Waals surface area (Å²) >= 11 is 0. The van der Waals surface area contributed by atoms with Gasteiger partial charge in [-0.3, -0.25) is 0 Å². The Morgan fingerprint density at radius 2 is 1.90 bits per heavy atom. The molecule has 0 radical (unpaired) electrons. The van der Waals surface area contributed by atoms with Gasteiger partial charge in [0.05, 0.1) is 5.92 Å². The highest BCUT2D eigenvalue weighted by Gasteiger charge is 2.47. The quantitative estimate of drug-likeness (QED) is 0.810. The van der Waals surface area contributed by atoms with Crippen LogP contribution < -0.4 is 5.32 Å². The molecule has 1 nitrogen and oxygen atoms in total. The lowest BCUT2D eigenvalue weighted by molar-refractivity contribution is -0.199. The molecule has 1 fully saturated rings. The van der Waals surface area contributed by atoms with Gasteiger partial charge in [0.25, 0.3) is 0 Å². The van der Waals surface area contributed by atoms with E-state index in [2.05, 4.69) is 5.32 Å². The van der Waals surface area contributed by atoms with Crippen LogP contribution in [0.2, 0.25) is 0 Å². The van der Waals surface area contributed by atoms with Gasteiger partial charge in [-0.05, 0) is 43.5 Å². The van der Waals surface area contributed by atoms with Gasteiger partial charge in [-0.25, -0.2) is 4.39 Å². The van der Waals surface area contributed by atoms with Crippen molar-refractivity contribution in [1.29, 1.82) is 0 Å². The first-order valence-electron chi connectivity index (χ1n) is 6.93. The molecule has 1 aliphatic carbocycles. The van der Waals surface area contributed by atoms with Gasteiger partial charge in [-0.2, -0.15) is 13.2 Å². The third-order valence-corrected chi connectivity index (χ3v) is 4.19. The highest BCUT2D eigenvalue weighted by Crippen LogP contribution is 2.46. The second-order valence-corrected chi connectivity index (χ2v) is 5.42. The first-order chi connectivity index (χ1) is 9.43. The van der Waals surface area contributed by atoms with E-state index in [1.54, 1.807) is 19.2 Å². The predicted octanol–water partition coefficient (Wildman–Crippen LogP) is 4.45. The Morgan fingerprint density at radius 3 is 2.50 bits per heavy atom. The maximum absolute atomic E-state index is 13.3. The molecule has 5 heteroatoms. The topological polar surface area (TPSA) is 12.0 Å². The fraction of sp³-hybridized carbons (Fsp3) is 0.600. The molecule has 1 saturated carbocycles. The molecule has 1 aliphatic rings. The number of hydrogen-bond acceptors (Lipinski definition) is 1. The van der Waals surface area contributed by atoms with Gasteiger partial charge in [0, 0.05) is 6.04 Å². The van der Waals surface area contributed by atoms with E-state index >= 15 is 0 Å². The first-order valence-corrected chi connectivity index (χ1v) is 6.93. The van der Waals surface area contributed by atoms with Crippen molar-refractivity contribution < 1.29 is 17.6 Å². The lowest BCUT2D eigenvalue weighted by atomic mass is 9.73. The van der Waals surface area contributed by atoms with Crippen LogP contribution >= 0.6 is 0 Å². The van der Waals surface area contributed by atoms with E-state index < -0.39 is 29.9 Å². The molecule has 0 bridgehead atoms. The van der Waals surface area contributed by atoms with E-state index in [0.717, 1.165) is 6.42 Å². The normalized spacial score (nSPS) is 25.4. The molecule has 0 aliphatic heterocycles. The second-order valence-electron chi connectivity index (χ2n) is 5.42. The number of nitrogens with one attached hydrogen (secondary N) is 1. The summed E-state index contributed by atoms with van der Waals surface area (Å²) in [6.07, 6.45) is -2.09. The lowest BCUT2D eigenvalue weighted by Crippen LogP contribution is -2.39. The Labute approximate surface area is 116 Å². The Morgan fingerprint density at radius 1 is 1.20 bits per heavy atom. The fourth-order valence-corrected chi connectivity index (χ4v) is 3.29. The molecule has 0 amide bonds. The zero-order valence-electron chi connectivity index (χ0n) is 11.4. The number of rotatable bonds is 3. The molecule has 1 aromatic carbocycles. The van der Waals surface area contributed by atoms with Gasteiger partial charge in [-0.15, -0.1) is 0 Å². The number of benzene rings is 1. The Balaban J connectivity index is 2.29. The first kappa shape index (κ1) is 15.3. The third kappa shape index (κ3) is 3.32. The van der Waals surface area contributed by atoms with Crippen molar-refractivity contribution in [2.75, 3.05) is 7.05 Å². The summed E-state index contributed by atoms with van der Waals surface area (Å²) in [7, 11) is 1.64. The van der Waals surface area contributed by atoms with E-state index in [1.165, 1.54) is 12.1 Å². The smallest absolute Gasteiger partial charge is 0.313 e. The zero-order chi connectivity index (χ0) is 14.8. The van der Waals surface area contributed by atoms with Gasteiger partial charge >= 0.3 is 6.18 Å².